The normalized spacial score (nSPS) is 18.9. The molecule has 4 rings (SSSR count). The highest BCUT2D eigenvalue weighted by molar-refractivity contribution is 7.90. The van der Waals surface area contributed by atoms with E-state index in [1.165, 1.54) is 22.6 Å². The zero-order chi connectivity index (χ0) is 22.2. The van der Waals surface area contributed by atoms with E-state index in [1.54, 1.807) is 23.5 Å². The van der Waals surface area contributed by atoms with Gasteiger partial charge >= 0.3 is 0 Å². The van der Waals surface area contributed by atoms with Crippen molar-refractivity contribution in [2.45, 2.75) is 57.8 Å². The molecule has 8 heteroatoms. The Kier molecular flexibility index (Phi) is 5.96. The topological polar surface area (TPSA) is 87.6 Å². The second-order valence-electron chi connectivity index (χ2n) is 9.38. The summed E-state index contributed by atoms with van der Waals surface area (Å²) < 4.78 is 27.8. The Bertz CT molecular complexity index is 1130. The monoisotopic (exact) mass is 459 g/mol. The van der Waals surface area contributed by atoms with Crippen LogP contribution in [0.15, 0.2) is 40.2 Å². The molecule has 2 aliphatic rings. The maximum atomic E-state index is 12.9. The maximum Gasteiger partial charge on any atom is 0.265 e. The van der Waals surface area contributed by atoms with Gasteiger partial charge in [0, 0.05) is 23.5 Å². The number of aryl methyl sites for hydroxylation is 1. The van der Waals surface area contributed by atoms with Crippen LogP contribution < -0.4 is 10.0 Å². The summed E-state index contributed by atoms with van der Waals surface area (Å²) in [4.78, 5) is 19.1. The molecule has 1 aliphatic heterocycles. The van der Waals surface area contributed by atoms with Gasteiger partial charge in [-0.05, 0) is 66.8 Å². The zero-order valence-electron chi connectivity index (χ0n) is 18.2. The quantitative estimate of drug-likeness (QED) is 0.699. The molecule has 0 saturated carbocycles. The second-order valence-corrected chi connectivity index (χ2v) is 12.2. The summed E-state index contributed by atoms with van der Waals surface area (Å²) in [6.45, 7) is 7.48. The highest BCUT2D eigenvalue weighted by Gasteiger charge is 2.30. The molecule has 2 heterocycles. The summed E-state index contributed by atoms with van der Waals surface area (Å²) in [5.74, 6) is 0.908. The van der Waals surface area contributed by atoms with Gasteiger partial charge in [0.05, 0.1) is 9.77 Å². The molecular formula is C23H29N3O3S2. The number of amides is 1. The fourth-order valence-corrected chi connectivity index (χ4v) is 6.38. The molecule has 1 aromatic carbocycles. The third-order valence-electron chi connectivity index (χ3n) is 6.06. The zero-order valence-corrected chi connectivity index (χ0v) is 19.8. The van der Waals surface area contributed by atoms with Crippen LogP contribution in [0.4, 0.5) is 5.69 Å². The number of sulfonamides is 1. The fraction of sp³-hybridized carbons (Fsp3) is 0.478. The van der Waals surface area contributed by atoms with E-state index in [-0.39, 0.29) is 16.2 Å². The van der Waals surface area contributed by atoms with E-state index in [9.17, 15) is 13.2 Å². The van der Waals surface area contributed by atoms with Gasteiger partial charge in [0.15, 0.2) is 0 Å². The van der Waals surface area contributed by atoms with Crippen LogP contribution in [0.5, 0.6) is 0 Å². The lowest BCUT2D eigenvalue weighted by atomic mass is 9.72. The number of fused-ring (bicyclic) bond motifs is 1. The fourth-order valence-electron chi connectivity index (χ4n) is 4.15. The van der Waals surface area contributed by atoms with Crippen molar-refractivity contribution in [3.8, 4) is 0 Å². The summed E-state index contributed by atoms with van der Waals surface area (Å²) in [5.41, 5.74) is 1.99. The van der Waals surface area contributed by atoms with Crippen molar-refractivity contribution in [2.24, 2.45) is 16.3 Å². The lowest BCUT2D eigenvalue weighted by Gasteiger charge is -2.33. The van der Waals surface area contributed by atoms with Crippen LogP contribution in [0.2, 0.25) is 0 Å². The summed E-state index contributed by atoms with van der Waals surface area (Å²) in [6.07, 6.45) is 4.66. The Hall–Kier alpha value is -2.19. The van der Waals surface area contributed by atoms with Gasteiger partial charge in [0.1, 0.15) is 5.84 Å². The smallest absolute Gasteiger partial charge is 0.265 e. The highest BCUT2D eigenvalue weighted by atomic mass is 32.2. The summed E-state index contributed by atoms with van der Waals surface area (Å²) in [7, 11) is -3.72. The minimum Gasteiger partial charge on any atom is -0.321 e. The van der Waals surface area contributed by atoms with Crippen molar-refractivity contribution in [1.82, 2.24) is 4.72 Å². The minimum absolute atomic E-state index is 0.110. The predicted octanol–water partition coefficient (Wildman–Crippen LogP) is 4.62. The number of hydrogen-bond acceptors (Lipinski definition) is 5. The van der Waals surface area contributed by atoms with Crippen LogP contribution in [0.25, 0.3) is 0 Å². The molecule has 6 nitrogen and oxygen atoms in total. The van der Waals surface area contributed by atoms with Crippen LogP contribution in [0.3, 0.4) is 0 Å². The van der Waals surface area contributed by atoms with E-state index < -0.39 is 10.0 Å². The Morgan fingerprint density at radius 2 is 2.00 bits per heavy atom. The van der Waals surface area contributed by atoms with E-state index >= 15 is 0 Å². The maximum absolute atomic E-state index is 12.9. The molecule has 0 spiro atoms. The lowest BCUT2D eigenvalue weighted by Crippen LogP contribution is -2.29. The number of nitrogens with one attached hydrogen (secondary N) is 2. The summed E-state index contributed by atoms with van der Waals surface area (Å²) >= 11 is 1.55. The molecule has 166 valence electrons. The third kappa shape index (κ3) is 5.01. The standard InChI is InChI=1S/C23H29N3O3S2/c1-23(2,3)16-9-10-19-15(12-16)13-20(30-19)22(27)25-17-6-4-7-18(14-17)31(28,29)26-21-8-5-11-24-21/h4,6-7,13-14,16H,5,8-12H2,1-3H3,(H,24,26)(H,25,27)/t16-/m0/s1. The van der Waals surface area contributed by atoms with Crippen molar-refractivity contribution < 1.29 is 13.2 Å². The molecule has 1 aliphatic carbocycles. The number of rotatable bonds is 4. The molecule has 1 aromatic heterocycles. The number of carbonyl (C=O) groups is 1. The van der Waals surface area contributed by atoms with Gasteiger partial charge in [-0.15, -0.1) is 11.3 Å². The van der Waals surface area contributed by atoms with E-state index in [4.69, 9.17) is 0 Å². The molecule has 1 amide bonds. The first-order valence-electron chi connectivity index (χ1n) is 10.7. The van der Waals surface area contributed by atoms with Crippen molar-refractivity contribution in [1.29, 1.82) is 0 Å². The van der Waals surface area contributed by atoms with Gasteiger partial charge in [0.25, 0.3) is 15.9 Å². The van der Waals surface area contributed by atoms with E-state index in [1.807, 2.05) is 6.07 Å². The first-order valence-corrected chi connectivity index (χ1v) is 13.0. The minimum atomic E-state index is -3.72. The van der Waals surface area contributed by atoms with Crippen molar-refractivity contribution in [3.05, 3.63) is 45.6 Å². The van der Waals surface area contributed by atoms with Gasteiger partial charge in [-0.3, -0.25) is 14.5 Å². The molecule has 0 saturated heterocycles. The Labute approximate surface area is 188 Å². The first kappa shape index (κ1) is 22.0. The van der Waals surface area contributed by atoms with Gasteiger partial charge in [0.2, 0.25) is 0 Å². The first-order chi connectivity index (χ1) is 14.6. The average Bonchev–Trinajstić information content (AvgIpc) is 3.36. The number of amidine groups is 1. The number of thiophene rings is 1. The van der Waals surface area contributed by atoms with Crippen molar-refractivity contribution in [2.75, 3.05) is 11.9 Å². The predicted molar refractivity (Wildman–Crippen MR) is 126 cm³/mol. The lowest BCUT2D eigenvalue weighted by molar-refractivity contribution is 0.103. The summed E-state index contributed by atoms with van der Waals surface area (Å²) in [5, 5.41) is 2.86. The molecule has 0 radical (unpaired) electrons. The molecule has 1 atom stereocenters. The Morgan fingerprint density at radius 3 is 2.71 bits per heavy atom. The molecule has 2 aromatic rings. The van der Waals surface area contributed by atoms with Gasteiger partial charge in [-0.2, -0.15) is 0 Å². The van der Waals surface area contributed by atoms with Crippen molar-refractivity contribution >= 4 is 38.8 Å². The Balaban J connectivity index is 1.47. The number of aliphatic imine (C=N–C) groups is 1. The van der Waals surface area contributed by atoms with Crippen LogP contribution >= 0.6 is 11.3 Å². The second kappa shape index (κ2) is 8.39. The molecule has 0 unspecified atom stereocenters. The number of carbonyl (C=O) groups excluding carboxylic acids is 1. The number of nitrogens with zero attached hydrogens (tertiary/aromatic N) is 1. The van der Waals surface area contributed by atoms with Gasteiger partial charge < -0.3 is 5.32 Å². The van der Waals surface area contributed by atoms with Crippen molar-refractivity contribution in [3.63, 3.8) is 0 Å². The highest BCUT2D eigenvalue weighted by Crippen LogP contribution is 2.40. The largest absolute Gasteiger partial charge is 0.321 e. The average molecular weight is 460 g/mol. The van der Waals surface area contributed by atoms with Gasteiger partial charge in [-0.25, -0.2) is 8.42 Å². The van der Waals surface area contributed by atoms with Crippen LogP contribution in [-0.4, -0.2) is 26.7 Å². The molecule has 0 bridgehead atoms. The Morgan fingerprint density at radius 1 is 1.19 bits per heavy atom. The van der Waals surface area contributed by atoms with Crippen LogP contribution in [-0.2, 0) is 22.9 Å². The molecule has 31 heavy (non-hydrogen) atoms. The summed E-state index contributed by atoms with van der Waals surface area (Å²) in [6, 6.07) is 8.34. The van der Waals surface area contributed by atoms with Crippen LogP contribution in [0, 0.1) is 11.3 Å². The van der Waals surface area contributed by atoms with Crippen LogP contribution in [0.1, 0.15) is 60.1 Å². The number of anilines is 1. The number of benzene rings is 1. The van der Waals surface area contributed by atoms with E-state index in [0.29, 0.717) is 35.3 Å². The molecule has 2 N–H and O–H groups in total. The number of hydrogen-bond donors (Lipinski definition) is 2. The molecule has 0 fully saturated rings. The third-order valence-corrected chi connectivity index (χ3v) is 8.67. The van der Waals surface area contributed by atoms with E-state index in [2.05, 4.69) is 35.8 Å². The van der Waals surface area contributed by atoms with E-state index in [0.717, 1.165) is 25.7 Å². The SMILES string of the molecule is CC(C)(C)[C@H]1CCc2sc(C(=O)Nc3cccc(S(=O)(=O)NC4=NCCC4)c3)cc2C1. The molecular weight excluding hydrogens is 430 g/mol. The van der Waals surface area contributed by atoms with Gasteiger partial charge in [-0.1, -0.05) is 26.8 Å².